The number of hydrogen-bond acceptors (Lipinski definition) is 2. The van der Waals surface area contributed by atoms with E-state index in [0.717, 1.165) is 18.5 Å². The predicted octanol–water partition coefficient (Wildman–Crippen LogP) is 3.24. The molecule has 18 heavy (non-hydrogen) atoms. The van der Waals surface area contributed by atoms with E-state index in [0.29, 0.717) is 6.42 Å². The van der Waals surface area contributed by atoms with E-state index in [2.05, 4.69) is 48.3 Å². The predicted molar refractivity (Wildman–Crippen MR) is 72.1 cm³/mol. The molecule has 1 aromatic carbocycles. The van der Waals surface area contributed by atoms with E-state index in [1.165, 1.54) is 16.7 Å². The molecule has 0 aliphatic carbocycles. The monoisotopic (exact) mass is 236 g/mol. The summed E-state index contributed by atoms with van der Waals surface area (Å²) < 4.78 is 0. The maximum absolute atomic E-state index is 8.78. The molecule has 1 heterocycles. The summed E-state index contributed by atoms with van der Waals surface area (Å²) in [5.74, 6) is 0. The molecular weight excluding hydrogens is 220 g/mol. The summed E-state index contributed by atoms with van der Waals surface area (Å²) in [6, 6.07) is 14.7. The van der Waals surface area contributed by atoms with E-state index in [4.69, 9.17) is 5.26 Å². The van der Waals surface area contributed by atoms with Crippen LogP contribution in [0.4, 0.5) is 0 Å². The third-order valence-corrected chi connectivity index (χ3v) is 3.00. The first kappa shape index (κ1) is 12.3. The van der Waals surface area contributed by atoms with Crippen molar-refractivity contribution in [2.24, 2.45) is 0 Å². The van der Waals surface area contributed by atoms with E-state index in [9.17, 15) is 0 Å². The van der Waals surface area contributed by atoms with Crippen LogP contribution in [-0.2, 0) is 19.3 Å². The molecule has 0 atom stereocenters. The molecule has 2 heteroatoms. The minimum Gasteiger partial charge on any atom is -0.260 e. The topological polar surface area (TPSA) is 36.7 Å². The van der Waals surface area contributed by atoms with Crippen LogP contribution >= 0.6 is 0 Å². The van der Waals surface area contributed by atoms with Crippen molar-refractivity contribution in [3.8, 4) is 6.07 Å². The van der Waals surface area contributed by atoms with Gasteiger partial charge in [-0.15, -0.1) is 0 Å². The summed E-state index contributed by atoms with van der Waals surface area (Å²) in [4.78, 5) is 4.28. The summed E-state index contributed by atoms with van der Waals surface area (Å²) >= 11 is 0. The Morgan fingerprint density at radius 1 is 1.17 bits per heavy atom. The van der Waals surface area contributed by atoms with Crippen LogP contribution in [0.15, 0.2) is 42.6 Å². The molecule has 0 aliphatic heterocycles. The van der Waals surface area contributed by atoms with Gasteiger partial charge in [0.05, 0.1) is 18.2 Å². The van der Waals surface area contributed by atoms with Crippen molar-refractivity contribution in [2.45, 2.75) is 26.2 Å². The lowest BCUT2D eigenvalue weighted by Crippen LogP contribution is -1.99. The summed E-state index contributed by atoms with van der Waals surface area (Å²) in [6.45, 7) is 2.11. The zero-order valence-corrected chi connectivity index (χ0v) is 10.6. The molecule has 2 nitrogen and oxygen atoms in total. The van der Waals surface area contributed by atoms with Crippen LogP contribution in [0.5, 0.6) is 0 Å². The highest BCUT2D eigenvalue weighted by Crippen LogP contribution is 2.12. The summed E-state index contributed by atoms with van der Waals surface area (Å²) in [5.41, 5.74) is 4.71. The van der Waals surface area contributed by atoms with Gasteiger partial charge in [0.2, 0.25) is 0 Å². The van der Waals surface area contributed by atoms with Crippen molar-refractivity contribution in [1.82, 2.24) is 4.98 Å². The van der Waals surface area contributed by atoms with Crippen LogP contribution in [0, 0.1) is 18.3 Å². The molecular formula is C16H16N2. The third kappa shape index (κ3) is 3.18. The smallest absolute Gasteiger partial charge is 0.0777 e. The van der Waals surface area contributed by atoms with E-state index >= 15 is 0 Å². The summed E-state index contributed by atoms with van der Waals surface area (Å²) in [7, 11) is 0. The van der Waals surface area contributed by atoms with Crippen LogP contribution in [0.1, 0.15) is 22.4 Å². The Hall–Kier alpha value is -2.14. The molecule has 0 saturated heterocycles. The fourth-order valence-corrected chi connectivity index (χ4v) is 2.08. The highest BCUT2D eigenvalue weighted by atomic mass is 14.7. The van der Waals surface area contributed by atoms with Gasteiger partial charge in [-0.05, 0) is 37.0 Å². The standard InChI is InChI=1S/C16H16N2/c1-13-4-2-5-14(12-13)7-8-15-6-3-11-18-16(15)9-10-17/h2-6,11-12H,7-9H2,1H3. The highest BCUT2D eigenvalue weighted by molar-refractivity contribution is 5.26. The van der Waals surface area contributed by atoms with E-state index in [-0.39, 0.29) is 0 Å². The Kier molecular flexibility index (Phi) is 4.09. The average Bonchev–Trinajstić information content (AvgIpc) is 2.38. The molecule has 0 fully saturated rings. The fourth-order valence-electron chi connectivity index (χ4n) is 2.08. The zero-order valence-electron chi connectivity index (χ0n) is 10.6. The maximum atomic E-state index is 8.78. The van der Waals surface area contributed by atoms with E-state index < -0.39 is 0 Å². The first-order valence-electron chi connectivity index (χ1n) is 6.15. The van der Waals surface area contributed by atoms with E-state index in [1.807, 2.05) is 6.07 Å². The number of pyridine rings is 1. The van der Waals surface area contributed by atoms with Crippen molar-refractivity contribution in [3.63, 3.8) is 0 Å². The van der Waals surface area contributed by atoms with Crippen molar-refractivity contribution in [3.05, 3.63) is 65.0 Å². The molecule has 0 spiro atoms. The molecule has 0 aliphatic rings. The van der Waals surface area contributed by atoms with Crippen LogP contribution in [0.3, 0.4) is 0 Å². The molecule has 0 unspecified atom stereocenters. The van der Waals surface area contributed by atoms with Crippen molar-refractivity contribution in [2.75, 3.05) is 0 Å². The normalized spacial score (nSPS) is 10.0. The molecule has 0 amide bonds. The number of aromatic nitrogens is 1. The molecule has 90 valence electrons. The van der Waals surface area contributed by atoms with Gasteiger partial charge >= 0.3 is 0 Å². The van der Waals surface area contributed by atoms with Crippen LogP contribution in [-0.4, -0.2) is 4.98 Å². The van der Waals surface area contributed by atoms with Crippen molar-refractivity contribution < 1.29 is 0 Å². The van der Waals surface area contributed by atoms with Gasteiger partial charge in [-0.1, -0.05) is 35.9 Å². The van der Waals surface area contributed by atoms with E-state index in [1.54, 1.807) is 6.20 Å². The number of hydrogen-bond donors (Lipinski definition) is 0. The van der Waals surface area contributed by atoms with Gasteiger partial charge in [0.15, 0.2) is 0 Å². The fraction of sp³-hybridized carbons (Fsp3) is 0.250. The Bertz CT molecular complexity index is 567. The highest BCUT2D eigenvalue weighted by Gasteiger charge is 2.03. The Balaban J connectivity index is 2.09. The van der Waals surface area contributed by atoms with Crippen LogP contribution in [0.25, 0.3) is 0 Å². The van der Waals surface area contributed by atoms with Gasteiger partial charge in [-0.3, -0.25) is 4.98 Å². The molecule has 0 bridgehead atoms. The van der Waals surface area contributed by atoms with Crippen molar-refractivity contribution >= 4 is 0 Å². The van der Waals surface area contributed by atoms with Crippen LogP contribution in [0.2, 0.25) is 0 Å². The third-order valence-electron chi connectivity index (χ3n) is 3.00. The molecule has 0 N–H and O–H groups in total. The second kappa shape index (κ2) is 5.97. The van der Waals surface area contributed by atoms with Gasteiger partial charge < -0.3 is 0 Å². The molecule has 2 aromatic rings. The zero-order chi connectivity index (χ0) is 12.8. The average molecular weight is 236 g/mol. The Labute approximate surface area is 108 Å². The number of nitriles is 1. The summed E-state index contributed by atoms with van der Waals surface area (Å²) in [6.07, 6.45) is 4.08. The second-order valence-electron chi connectivity index (χ2n) is 4.43. The van der Waals surface area contributed by atoms with Crippen molar-refractivity contribution in [1.29, 1.82) is 5.26 Å². The Morgan fingerprint density at radius 3 is 2.83 bits per heavy atom. The Morgan fingerprint density at radius 2 is 2.06 bits per heavy atom. The quantitative estimate of drug-likeness (QED) is 0.817. The van der Waals surface area contributed by atoms with Gasteiger partial charge in [-0.2, -0.15) is 5.26 Å². The number of benzene rings is 1. The second-order valence-corrected chi connectivity index (χ2v) is 4.43. The lowest BCUT2D eigenvalue weighted by Gasteiger charge is -2.06. The summed E-state index contributed by atoms with van der Waals surface area (Å²) in [5, 5.41) is 8.78. The molecule has 2 rings (SSSR count). The molecule has 1 aromatic heterocycles. The molecule has 0 saturated carbocycles. The van der Waals surface area contributed by atoms with Gasteiger partial charge in [0.1, 0.15) is 0 Å². The largest absolute Gasteiger partial charge is 0.260 e. The minimum atomic E-state index is 0.393. The maximum Gasteiger partial charge on any atom is 0.0777 e. The lowest BCUT2D eigenvalue weighted by molar-refractivity contribution is 0.916. The van der Waals surface area contributed by atoms with Gasteiger partial charge in [0, 0.05) is 6.20 Å². The number of rotatable bonds is 4. The molecule has 0 radical (unpaired) electrons. The van der Waals surface area contributed by atoms with Gasteiger partial charge in [-0.25, -0.2) is 0 Å². The van der Waals surface area contributed by atoms with Crippen LogP contribution < -0.4 is 0 Å². The SMILES string of the molecule is Cc1cccc(CCc2cccnc2CC#N)c1. The number of nitrogens with zero attached hydrogens (tertiary/aromatic N) is 2. The lowest BCUT2D eigenvalue weighted by atomic mass is 10.0. The minimum absolute atomic E-state index is 0.393. The first-order valence-corrected chi connectivity index (χ1v) is 6.15. The van der Waals surface area contributed by atoms with Gasteiger partial charge in [0.25, 0.3) is 0 Å². The number of aryl methyl sites for hydroxylation is 3. The first-order chi connectivity index (χ1) is 8.79.